The molecule has 0 N–H and O–H groups in total. The van der Waals surface area contributed by atoms with Crippen molar-refractivity contribution in [1.29, 1.82) is 0 Å². The lowest BCUT2D eigenvalue weighted by atomic mass is 9.89. The summed E-state index contributed by atoms with van der Waals surface area (Å²) in [5, 5.41) is 4.03. The van der Waals surface area contributed by atoms with E-state index in [1.165, 1.54) is 5.56 Å². The Morgan fingerprint density at radius 3 is 2.54 bits per heavy atom. The van der Waals surface area contributed by atoms with Crippen LogP contribution in [0, 0.1) is 20.8 Å². The van der Waals surface area contributed by atoms with Gasteiger partial charge in [0.2, 0.25) is 0 Å². The van der Waals surface area contributed by atoms with Gasteiger partial charge in [-0.2, -0.15) is 0 Å². The maximum atomic E-state index is 12.7. The van der Waals surface area contributed by atoms with Crippen LogP contribution in [-0.2, 0) is 0 Å². The molecule has 4 heterocycles. The summed E-state index contributed by atoms with van der Waals surface area (Å²) >= 11 is 0. The Kier molecular flexibility index (Phi) is 4.94. The largest absolute Gasteiger partial charge is 0.361 e. The molecule has 28 heavy (non-hydrogen) atoms. The molecule has 6 heteroatoms. The van der Waals surface area contributed by atoms with E-state index in [9.17, 15) is 4.79 Å². The van der Waals surface area contributed by atoms with Gasteiger partial charge in [0.1, 0.15) is 5.76 Å². The predicted molar refractivity (Wildman–Crippen MR) is 106 cm³/mol. The van der Waals surface area contributed by atoms with Gasteiger partial charge in [-0.15, -0.1) is 0 Å². The van der Waals surface area contributed by atoms with Gasteiger partial charge in [0.25, 0.3) is 5.91 Å². The number of piperidine rings is 1. The summed E-state index contributed by atoms with van der Waals surface area (Å²) in [6.07, 6.45) is 5.40. The van der Waals surface area contributed by atoms with Crippen LogP contribution in [0.15, 0.2) is 41.2 Å². The average molecular weight is 376 g/mol. The maximum Gasteiger partial charge on any atom is 0.255 e. The van der Waals surface area contributed by atoms with Crippen LogP contribution in [-0.4, -0.2) is 39.0 Å². The van der Waals surface area contributed by atoms with Gasteiger partial charge < -0.3 is 9.42 Å². The van der Waals surface area contributed by atoms with Crippen molar-refractivity contribution in [3.8, 4) is 11.3 Å². The first-order valence-corrected chi connectivity index (χ1v) is 9.64. The van der Waals surface area contributed by atoms with Gasteiger partial charge in [-0.1, -0.05) is 5.16 Å². The zero-order valence-electron chi connectivity index (χ0n) is 16.5. The molecule has 0 spiro atoms. The van der Waals surface area contributed by atoms with Gasteiger partial charge in [-0.3, -0.25) is 14.8 Å². The Balaban J connectivity index is 1.46. The fraction of sp³-hybridized carbons (Fsp3) is 0.364. The number of pyridine rings is 2. The number of carbonyl (C=O) groups excluding carboxylic acids is 1. The number of amides is 1. The topological polar surface area (TPSA) is 72.1 Å². The molecular weight excluding hydrogens is 352 g/mol. The van der Waals surface area contributed by atoms with E-state index >= 15 is 0 Å². The first-order valence-electron chi connectivity index (χ1n) is 9.64. The van der Waals surface area contributed by atoms with Crippen molar-refractivity contribution in [1.82, 2.24) is 20.0 Å². The van der Waals surface area contributed by atoms with E-state index in [4.69, 9.17) is 4.52 Å². The molecule has 1 saturated heterocycles. The second-order valence-corrected chi connectivity index (χ2v) is 7.43. The van der Waals surface area contributed by atoms with E-state index in [0.29, 0.717) is 11.5 Å². The van der Waals surface area contributed by atoms with Crippen LogP contribution in [0.4, 0.5) is 0 Å². The molecule has 0 unspecified atom stereocenters. The Morgan fingerprint density at radius 1 is 1.11 bits per heavy atom. The summed E-state index contributed by atoms with van der Waals surface area (Å²) in [6, 6.07) is 7.95. The van der Waals surface area contributed by atoms with Crippen molar-refractivity contribution in [3.05, 3.63) is 64.9 Å². The number of carbonyl (C=O) groups is 1. The number of aromatic nitrogens is 3. The van der Waals surface area contributed by atoms with Crippen molar-refractivity contribution in [2.24, 2.45) is 0 Å². The maximum absolute atomic E-state index is 12.7. The second-order valence-electron chi connectivity index (χ2n) is 7.43. The smallest absolute Gasteiger partial charge is 0.255 e. The molecule has 1 fully saturated rings. The zero-order chi connectivity index (χ0) is 19.7. The Morgan fingerprint density at radius 2 is 1.89 bits per heavy atom. The number of nitrogens with zero attached hydrogens (tertiary/aromatic N) is 4. The fourth-order valence-corrected chi connectivity index (χ4v) is 3.88. The normalized spacial score (nSPS) is 15.0. The van der Waals surface area contributed by atoms with Crippen molar-refractivity contribution < 1.29 is 9.32 Å². The third-order valence-corrected chi connectivity index (χ3v) is 5.49. The number of hydrogen-bond donors (Lipinski definition) is 0. The van der Waals surface area contributed by atoms with Crippen molar-refractivity contribution in [2.45, 2.75) is 39.5 Å². The number of rotatable bonds is 3. The molecule has 1 amide bonds. The fourth-order valence-electron chi connectivity index (χ4n) is 3.88. The second kappa shape index (κ2) is 7.54. The standard InChI is InChI=1S/C22H24N4O2/c1-14-4-5-19(13-24-14)22(27)26-10-7-17(8-11-26)18-6-9-23-20(12-18)21-15(2)25-28-16(21)3/h4-6,9,12-13,17H,7-8,10-11H2,1-3H3. The Hall–Kier alpha value is -3.02. The van der Waals surface area contributed by atoms with Gasteiger partial charge in [-0.05, 0) is 69.4 Å². The molecule has 6 nitrogen and oxygen atoms in total. The van der Waals surface area contributed by atoms with Crippen LogP contribution in [0.25, 0.3) is 11.3 Å². The molecule has 0 atom stereocenters. The lowest BCUT2D eigenvalue weighted by molar-refractivity contribution is 0.0712. The monoisotopic (exact) mass is 376 g/mol. The molecule has 0 saturated carbocycles. The summed E-state index contributed by atoms with van der Waals surface area (Å²) in [5.41, 5.74) is 5.57. The zero-order valence-corrected chi connectivity index (χ0v) is 16.5. The molecule has 0 radical (unpaired) electrons. The number of likely N-dealkylation sites (tertiary alicyclic amines) is 1. The van der Waals surface area contributed by atoms with Gasteiger partial charge in [0.15, 0.2) is 0 Å². The third-order valence-electron chi connectivity index (χ3n) is 5.49. The Bertz CT molecular complexity index is 967. The predicted octanol–water partition coefficient (Wildman–Crippen LogP) is 4.08. The van der Waals surface area contributed by atoms with Crippen molar-refractivity contribution in [2.75, 3.05) is 13.1 Å². The summed E-state index contributed by atoms with van der Waals surface area (Å²) in [7, 11) is 0. The highest BCUT2D eigenvalue weighted by Crippen LogP contribution is 2.32. The van der Waals surface area contributed by atoms with Crippen LogP contribution >= 0.6 is 0 Å². The van der Waals surface area contributed by atoms with E-state index in [2.05, 4.69) is 27.3 Å². The molecule has 144 valence electrons. The van der Waals surface area contributed by atoms with Crippen LogP contribution in [0.3, 0.4) is 0 Å². The van der Waals surface area contributed by atoms with E-state index in [1.807, 2.05) is 44.0 Å². The van der Waals surface area contributed by atoms with Gasteiger partial charge in [-0.25, -0.2) is 0 Å². The summed E-state index contributed by atoms with van der Waals surface area (Å²) < 4.78 is 5.29. The summed E-state index contributed by atoms with van der Waals surface area (Å²) in [4.78, 5) is 23.4. The number of aryl methyl sites for hydroxylation is 3. The first kappa shape index (κ1) is 18.3. The van der Waals surface area contributed by atoms with Crippen LogP contribution in [0.2, 0.25) is 0 Å². The summed E-state index contributed by atoms with van der Waals surface area (Å²) in [6.45, 7) is 7.27. The molecule has 0 aromatic carbocycles. The minimum Gasteiger partial charge on any atom is -0.361 e. The quantitative estimate of drug-likeness (QED) is 0.689. The lowest BCUT2D eigenvalue weighted by Crippen LogP contribution is -2.38. The molecule has 3 aromatic rings. The SMILES string of the molecule is Cc1ccc(C(=O)N2CCC(c3ccnc(-c4c(C)noc4C)c3)CC2)cn1. The van der Waals surface area contributed by atoms with Crippen LogP contribution < -0.4 is 0 Å². The first-order chi connectivity index (χ1) is 13.5. The molecule has 0 bridgehead atoms. The van der Waals surface area contributed by atoms with E-state index in [1.54, 1.807) is 6.20 Å². The molecule has 1 aliphatic heterocycles. The van der Waals surface area contributed by atoms with E-state index < -0.39 is 0 Å². The Labute approximate surface area is 164 Å². The van der Waals surface area contributed by atoms with E-state index in [0.717, 1.165) is 54.3 Å². The van der Waals surface area contributed by atoms with Crippen LogP contribution in [0.5, 0.6) is 0 Å². The van der Waals surface area contributed by atoms with Crippen LogP contribution in [0.1, 0.15) is 51.8 Å². The summed E-state index contributed by atoms with van der Waals surface area (Å²) in [5.74, 6) is 1.27. The van der Waals surface area contributed by atoms with E-state index in [-0.39, 0.29) is 5.91 Å². The number of hydrogen-bond acceptors (Lipinski definition) is 5. The third kappa shape index (κ3) is 3.54. The van der Waals surface area contributed by atoms with Crippen molar-refractivity contribution in [3.63, 3.8) is 0 Å². The highest BCUT2D eigenvalue weighted by molar-refractivity contribution is 5.94. The molecule has 3 aromatic heterocycles. The average Bonchev–Trinajstić information content (AvgIpc) is 3.06. The van der Waals surface area contributed by atoms with Gasteiger partial charge >= 0.3 is 0 Å². The molecule has 0 aliphatic carbocycles. The van der Waals surface area contributed by atoms with Crippen molar-refractivity contribution >= 4 is 5.91 Å². The highest BCUT2D eigenvalue weighted by atomic mass is 16.5. The molecule has 1 aliphatic rings. The molecular formula is C22H24N4O2. The minimum absolute atomic E-state index is 0.0667. The minimum atomic E-state index is 0.0667. The molecule has 4 rings (SSSR count). The highest BCUT2D eigenvalue weighted by Gasteiger charge is 2.25. The van der Waals surface area contributed by atoms with Gasteiger partial charge in [0.05, 0.1) is 22.5 Å². The lowest BCUT2D eigenvalue weighted by Gasteiger charge is -2.32. The van der Waals surface area contributed by atoms with Gasteiger partial charge in [0, 0.05) is 31.2 Å².